The molecular weight excluding hydrogens is 290 g/mol. The van der Waals surface area contributed by atoms with Crippen molar-refractivity contribution in [1.29, 1.82) is 0 Å². The fraction of sp³-hybridized carbons (Fsp3) is 0.526. The zero-order valence-corrected chi connectivity index (χ0v) is 14.4. The van der Waals surface area contributed by atoms with Crippen LogP contribution in [0.2, 0.25) is 0 Å². The number of amides is 1. The lowest BCUT2D eigenvalue weighted by Gasteiger charge is -2.34. The van der Waals surface area contributed by atoms with Gasteiger partial charge in [0.1, 0.15) is 0 Å². The summed E-state index contributed by atoms with van der Waals surface area (Å²) in [6.07, 6.45) is 7.90. The number of hydrogen-bond donors (Lipinski definition) is 1. The molecule has 0 saturated heterocycles. The first-order valence-electron chi connectivity index (χ1n) is 8.25. The molecule has 0 bridgehead atoms. The van der Waals surface area contributed by atoms with Gasteiger partial charge in [0.2, 0.25) is 5.91 Å². The highest BCUT2D eigenvalue weighted by Gasteiger charge is 2.27. The van der Waals surface area contributed by atoms with E-state index in [0.717, 1.165) is 18.1 Å². The van der Waals surface area contributed by atoms with Crippen LogP contribution in [-0.4, -0.2) is 23.5 Å². The smallest absolute Gasteiger partial charge is 0.230 e. The molecule has 3 heteroatoms. The second-order valence-corrected chi connectivity index (χ2v) is 7.30. The lowest BCUT2D eigenvalue weighted by molar-refractivity contribution is -0.119. The Hall–Kier alpha value is -1.22. The van der Waals surface area contributed by atoms with E-state index in [1.54, 1.807) is 11.8 Å². The van der Waals surface area contributed by atoms with Crippen molar-refractivity contribution in [3.63, 3.8) is 0 Å². The van der Waals surface area contributed by atoms with Crippen LogP contribution in [0.1, 0.15) is 38.7 Å². The molecule has 0 radical (unpaired) electrons. The molecule has 0 aromatic heterocycles. The summed E-state index contributed by atoms with van der Waals surface area (Å²) in [5, 5.41) is 3.22. The topological polar surface area (TPSA) is 29.1 Å². The Morgan fingerprint density at radius 1 is 1.27 bits per heavy atom. The van der Waals surface area contributed by atoms with Gasteiger partial charge in [0.25, 0.3) is 0 Å². The van der Waals surface area contributed by atoms with Gasteiger partial charge in [-0.1, -0.05) is 69.2 Å². The third kappa shape index (κ3) is 5.53. The minimum absolute atomic E-state index is 0.184. The highest BCUT2D eigenvalue weighted by Crippen LogP contribution is 2.29. The molecular formula is C19H27NOS. The fourth-order valence-corrected chi connectivity index (χ4v) is 3.62. The maximum atomic E-state index is 12.0. The predicted molar refractivity (Wildman–Crippen MR) is 96.9 cm³/mol. The highest BCUT2D eigenvalue weighted by atomic mass is 32.2. The van der Waals surface area contributed by atoms with Crippen LogP contribution >= 0.6 is 11.8 Å². The summed E-state index contributed by atoms with van der Waals surface area (Å²) in [4.78, 5) is 12.0. The normalized spacial score (nSPS) is 25.3. The maximum Gasteiger partial charge on any atom is 0.230 e. The van der Waals surface area contributed by atoms with Gasteiger partial charge in [-0.15, -0.1) is 11.8 Å². The molecule has 1 amide bonds. The van der Waals surface area contributed by atoms with Gasteiger partial charge in [-0.3, -0.25) is 4.79 Å². The van der Waals surface area contributed by atoms with Crippen LogP contribution < -0.4 is 5.32 Å². The first-order chi connectivity index (χ1) is 10.7. The molecule has 0 spiro atoms. The third-order valence-corrected chi connectivity index (χ3v) is 5.50. The summed E-state index contributed by atoms with van der Waals surface area (Å²) in [6, 6.07) is 10.6. The number of hydrogen-bond acceptors (Lipinski definition) is 2. The molecule has 0 heterocycles. The first kappa shape index (κ1) is 17.1. The van der Waals surface area contributed by atoms with E-state index in [1.165, 1.54) is 18.4 Å². The number of nitrogens with one attached hydrogen (secondary N) is 1. The second kappa shape index (κ2) is 9.04. The average molecular weight is 317 g/mol. The average Bonchev–Trinajstić information content (AvgIpc) is 2.52. The Balaban J connectivity index is 1.64. The van der Waals surface area contributed by atoms with E-state index >= 15 is 0 Å². The minimum Gasteiger partial charge on any atom is -0.352 e. The Morgan fingerprint density at radius 3 is 2.82 bits per heavy atom. The largest absolute Gasteiger partial charge is 0.352 e. The monoisotopic (exact) mass is 317 g/mol. The van der Waals surface area contributed by atoms with Crippen LogP contribution in [0.25, 0.3) is 6.08 Å². The number of rotatable bonds is 6. The Kier molecular flexibility index (Phi) is 7.04. The zero-order chi connectivity index (χ0) is 15.8. The first-order valence-corrected chi connectivity index (χ1v) is 9.41. The van der Waals surface area contributed by atoms with E-state index < -0.39 is 0 Å². The summed E-state index contributed by atoms with van der Waals surface area (Å²) in [6.45, 7) is 4.57. The summed E-state index contributed by atoms with van der Waals surface area (Å²) in [5.41, 5.74) is 1.21. The van der Waals surface area contributed by atoms with Crippen molar-refractivity contribution in [3.05, 3.63) is 42.0 Å². The van der Waals surface area contributed by atoms with Gasteiger partial charge in [-0.05, 0) is 23.8 Å². The molecule has 0 aliphatic heterocycles. The van der Waals surface area contributed by atoms with Crippen molar-refractivity contribution in [2.24, 2.45) is 11.8 Å². The third-order valence-electron chi connectivity index (χ3n) is 4.61. The van der Waals surface area contributed by atoms with Crippen LogP contribution in [0.15, 0.2) is 36.4 Å². The lowest BCUT2D eigenvalue weighted by atomic mass is 9.78. The Morgan fingerprint density at radius 2 is 2.05 bits per heavy atom. The van der Waals surface area contributed by atoms with Crippen molar-refractivity contribution in [2.75, 3.05) is 11.5 Å². The van der Waals surface area contributed by atoms with Gasteiger partial charge in [-0.25, -0.2) is 0 Å². The minimum atomic E-state index is 0.184. The molecule has 1 N–H and O–H groups in total. The van der Waals surface area contributed by atoms with Crippen LogP contribution in [0.4, 0.5) is 0 Å². The van der Waals surface area contributed by atoms with Crippen molar-refractivity contribution >= 4 is 23.7 Å². The Bertz CT molecular complexity index is 485. The van der Waals surface area contributed by atoms with Crippen LogP contribution in [0.5, 0.6) is 0 Å². The number of benzene rings is 1. The van der Waals surface area contributed by atoms with E-state index in [2.05, 4.69) is 43.4 Å². The fourth-order valence-electron chi connectivity index (χ4n) is 3.00. The van der Waals surface area contributed by atoms with Crippen molar-refractivity contribution in [1.82, 2.24) is 5.32 Å². The van der Waals surface area contributed by atoms with Gasteiger partial charge in [0, 0.05) is 11.8 Å². The molecule has 2 nitrogen and oxygen atoms in total. The summed E-state index contributed by atoms with van der Waals surface area (Å²) in [5.74, 6) is 2.93. The molecule has 3 atom stereocenters. The molecule has 1 aliphatic carbocycles. The summed E-state index contributed by atoms with van der Waals surface area (Å²) < 4.78 is 0. The zero-order valence-electron chi connectivity index (χ0n) is 13.6. The SMILES string of the molecule is C[C@H]1[C@H](C)CCC[C@@H]1NC(=O)CSC/C=C\c1ccccc1. The second-order valence-electron chi connectivity index (χ2n) is 6.27. The molecule has 1 fully saturated rings. The summed E-state index contributed by atoms with van der Waals surface area (Å²) >= 11 is 1.67. The molecule has 120 valence electrons. The van der Waals surface area contributed by atoms with Crippen LogP contribution in [-0.2, 0) is 4.79 Å². The van der Waals surface area contributed by atoms with E-state index in [0.29, 0.717) is 17.7 Å². The van der Waals surface area contributed by atoms with Gasteiger partial charge >= 0.3 is 0 Å². The van der Waals surface area contributed by atoms with E-state index in [9.17, 15) is 4.79 Å². The Labute approximate surface area is 138 Å². The van der Waals surface area contributed by atoms with Crippen LogP contribution in [0.3, 0.4) is 0 Å². The van der Waals surface area contributed by atoms with Gasteiger partial charge in [0.05, 0.1) is 5.75 Å². The molecule has 1 saturated carbocycles. The van der Waals surface area contributed by atoms with E-state index in [1.807, 2.05) is 18.2 Å². The van der Waals surface area contributed by atoms with Crippen molar-refractivity contribution in [3.8, 4) is 0 Å². The van der Waals surface area contributed by atoms with E-state index in [4.69, 9.17) is 0 Å². The molecule has 0 unspecified atom stereocenters. The standard InChI is InChI=1S/C19H27NOS/c1-15-8-6-12-18(16(15)2)20-19(21)14-22-13-7-11-17-9-4-3-5-10-17/h3-5,7,9-11,15-16,18H,6,8,12-14H2,1-2H3,(H,20,21)/b11-7-/t15-,16+,18+/m1/s1. The van der Waals surface area contributed by atoms with Gasteiger partial charge in [0.15, 0.2) is 0 Å². The number of carbonyl (C=O) groups excluding carboxylic acids is 1. The quantitative estimate of drug-likeness (QED) is 0.789. The van der Waals surface area contributed by atoms with Gasteiger partial charge < -0.3 is 5.32 Å². The van der Waals surface area contributed by atoms with Gasteiger partial charge in [-0.2, -0.15) is 0 Å². The summed E-state index contributed by atoms with van der Waals surface area (Å²) in [7, 11) is 0. The van der Waals surface area contributed by atoms with Crippen molar-refractivity contribution < 1.29 is 4.79 Å². The predicted octanol–water partition coefficient (Wildman–Crippen LogP) is 4.37. The molecule has 1 aromatic carbocycles. The number of thioether (sulfide) groups is 1. The highest BCUT2D eigenvalue weighted by molar-refractivity contribution is 8.00. The molecule has 1 aliphatic rings. The molecule has 22 heavy (non-hydrogen) atoms. The van der Waals surface area contributed by atoms with E-state index in [-0.39, 0.29) is 5.91 Å². The molecule has 1 aromatic rings. The van der Waals surface area contributed by atoms with Crippen molar-refractivity contribution in [2.45, 2.75) is 39.2 Å². The number of carbonyl (C=O) groups is 1. The molecule has 2 rings (SSSR count). The maximum absolute atomic E-state index is 12.0. The van der Waals surface area contributed by atoms with Crippen LogP contribution in [0, 0.1) is 11.8 Å². The lowest BCUT2D eigenvalue weighted by Crippen LogP contribution is -2.44.